The second-order valence-electron chi connectivity index (χ2n) is 12.0. The van der Waals surface area contributed by atoms with Gasteiger partial charge < -0.3 is 10.2 Å². The lowest BCUT2D eigenvalue weighted by molar-refractivity contribution is -0.140. The molecule has 236 valence electrons. The molecule has 4 aromatic rings. The van der Waals surface area contributed by atoms with E-state index in [1.165, 1.54) is 9.21 Å². The molecule has 0 aliphatic carbocycles. The van der Waals surface area contributed by atoms with Crippen molar-refractivity contribution in [3.8, 4) is 0 Å². The van der Waals surface area contributed by atoms with E-state index >= 15 is 0 Å². The number of carbonyl (C=O) groups excluding carboxylic acids is 2. The Hall–Kier alpha value is -4.43. The molecule has 0 spiro atoms. The number of nitrogens with zero attached hydrogens (tertiary/aromatic N) is 2. The van der Waals surface area contributed by atoms with Crippen molar-refractivity contribution in [1.29, 1.82) is 0 Å². The highest BCUT2D eigenvalue weighted by Gasteiger charge is 2.35. The van der Waals surface area contributed by atoms with Crippen molar-refractivity contribution in [2.45, 2.75) is 71.5 Å². The average molecular weight is 626 g/mol. The quantitative estimate of drug-likeness (QED) is 0.201. The maximum absolute atomic E-state index is 14.6. The minimum absolute atomic E-state index is 0.0874. The molecule has 0 radical (unpaired) electrons. The van der Waals surface area contributed by atoms with Gasteiger partial charge in [-0.05, 0) is 76.4 Å². The summed E-state index contributed by atoms with van der Waals surface area (Å²) in [6, 6.07) is 28.4. The summed E-state index contributed by atoms with van der Waals surface area (Å²) in [6.07, 6.45) is 0.269. The Morgan fingerprint density at radius 1 is 0.733 bits per heavy atom. The molecule has 1 N–H and O–H groups in total. The molecule has 0 aliphatic rings. The molecule has 0 fully saturated rings. The van der Waals surface area contributed by atoms with Gasteiger partial charge in [-0.2, -0.15) is 0 Å². The number of carbonyl (C=O) groups is 2. The first kappa shape index (κ1) is 33.5. The van der Waals surface area contributed by atoms with Crippen molar-refractivity contribution in [1.82, 2.24) is 10.2 Å². The number of amides is 2. The van der Waals surface area contributed by atoms with Crippen LogP contribution >= 0.6 is 0 Å². The van der Waals surface area contributed by atoms with Crippen molar-refractivity contribution in [3.63, 3.8) is 0 Å². The summed E-state index contributed by atoms with van der Waals surface area (Å²) < 4.78 is 29.7. The smallest absolute Gasteiger partial charge is 0.264 e. The molecule has 4 aromatic carbocycles. The molecule has 45 heavy (non-hydrogen) atoms. The molecular weight excluding hydrogens is 582 g/mol. The second-order valence-corrected chi connectivity index (χ2v) is 13.9. The number of aryl methyl sites for hydroxylation is 4. The van der Waals surface area contributed by atoms with Gasteiger partial charge in [0.2, 0.25) is 11.8 Å². The van der Waals surface area contributed by atoms with Crippen LogP contribution in [0, 0.1) is 27.7 Å². The summed E-state index contributed by atoms with van der Waals surface area (Å²) in [7, 11) is -4.15. The van der Waals surface area contributed by atoms with E-state index in [9.17, 15) is 18.0 Å². The third-order valence-electron chi connectivity index (χ3n) is 7.68. The molecule has 0 aliphatic heterocycles. The van der Waals surface area contributed by atoms with Crippen molar-refractivity contribution >= 4 is 27.5 Å². The normalized spacial score (nSPS) is 12.1. The Labute approximate surface area is 268 Å². The van der Waals surface area contributed by atoms with Crippen molar-refractivity contribution in [2.75, 3.05) is 10.8 Å². The fraction of sp³-hybridized carbons (Fsp3) is 0.297. The molecule has 2 amide bonds. The molecule has 0 saturated heterocycles. The third kappa shape index (κ3) is 8.60. The Bertz CT molecular complexity index is 1720. The third-order valence-corrected chi connectivity index (χ3v) is 9.46. The number of benzene rings is 4. The Kier molecular flexibility index (Phi) is 10.8. The Balaban J connectivity index is 1.82. The van der Waals surface area contributed by atoms with E-state index in [0.29, 0.717) is 5.69 Å². The highest BCUT2D eigenvalue weighted by molar-refractivity contribution is 7.92. The molecule has 0 unspecified atom stereocenters. The first-order chi connectivity index (χ1) is 21.3. The van der Waals surface area contributed by atoms with E-state index < -0.39 is 28.5 Å². The minimum atomic E-state index is -4.15. The van der Waals surface area contributed by atoms with Crippen molar-refractivity contribution in [2.24, 2.45) is 0 Å². The number of rotatable bonds is 12. The van der Waals surface area contributed by atoms with E-state index in [2.05, 4.69) is 5.32 Å². The van der Waals surface area contributed by atoms with Crippen LogP contribution in [0.3, 0.4) is 0 Å². The zero-order valence-electron chi connectivity index (χ0n) is 26.9. The van der Waals surface area contributed by atoms with Gasteiger partial charge in [0.25, 0.3) is 10.0 Å². The summed E-state index contributed by atoms with van der Waals surface area (Å²) in [6.45, 7) is 11.0. The van der Waals surface area contributed by atoms with Crippen LogP contribution in [0.1, 0.15) is 47.2 Å². The standard InChI is InChI=1S/C37H43N3O4S/c1-26(2)38-37(42)35(23-31-10-8-7-9-11-31)39(24-32-17-12-27(3)13-18-32)36(41)25-40(34-21-16-29(5)22-30(34)6)45(43,44)33-19-14-28(4)15-20-33/h7-22,26,35H,23-25H2,1-6H3,(H,38,42)/t35-/m0/s1. The monoisotopic (exact) mass is 625 g/mol. The van der Waals surface area contributed by atoms with Crippen LogP contribution in [-0.4, -0.2) is 43.8 Å². The number of nitrogens with one attached hydrogen (secondary N) is 1. The van der Waals surface area contributed by atoms with Crippen LogP contribution in [0.5, 0.6) is 0 Å². The predicted octanol–water partition coefficient (Wildman–Crippen LogP) is 6.28. The van der Waals surface area contributed by atoms with Gasteiger partial charge in [-0.15, -0.1) is 0 Å². The van der Waals surface area contributed by atoms with E-state index in [4.69, 9.17) is 0 Å². The average Bonchev–Trinajstić information content (AvgIpc) is 2.99. The molecular formula is C37H43N3O4S. The first-order valence-corrected chi connectivity index (χ1v) is 16.6. The summed E-state index contributed by atoms with van der Waals surface area (Å²) in [5.74, 6) is -0.778. The molecule has 0 bridgehead atoms. The zero-order chi connectivity index (χ0) is 32.7. The highest BCUT2D eigenvalue weighted by Crippen LogP contribution is 2.29. The van der Waals surface area contributed by atoms with Crippen molar-refractivity contribution < 1.29 is 18.0 Å². The summed E-state index contributed by atoms with van der Waals surface area (Å²) in [5.41, 5.74) is 5.83. The van der Waals surface area contributed by atoms with Gasteiger partial charge in [0, 0.05) is 19.0 Å². The maximum atomic E-state index is 14.6. The number of hydrogen-bond donors (Lipinski definition) is 1. The van der Waals surface area contributed by atoms with Gasteiger partial charge in [0.05, 0.1) is 10.6 Å². The molecule has 4 rings (SSSR count). The fourth-order valence-electron chi connectivity index (χ4n) is 5.26. The SMILES string of the molecule is Cc1ccc(CN(C(=O)CN(c2ccc(C)cc2C)S(=O)(=O)c2ccc(C)cc2)[C@@H](Cc2ccccc2)C(=O)NC(C)C)cc1. The van der Waals surface area contributed by atoms with Crippen LogP contribution < -0.4 is 9.62 Å². The van der Waals surface area contributed by atoms with E-state index in [0.717, 1.165) is 33.4 Å². The van der Waals surface area contributed by atoms with Gasteiger partial charge in [0.1, 0.15) is 12.6 Å². The molecule has 0 heterocycles. The predicted molar refractivity (Wildman–Crippen MR) is 181 cm³/mol. The second kappa shape index (κ2) is 14.6. The van der Waals surface area contributed by atoms with E-state index in [1.54, 1.807) is 30.3 Å². The van der Waals surface area contributed by atoms with Gasteiger partial charge in [-0.25, -0.2) is 8.42 Å². The summed E-state index contributed by atoms with van der Waals surface area (Å²) in [5, 5.41) is 2.99. The highest BCUT2D eigenvalue weighted by atomic mass is 32.2. The first-order valence-electron chi connectivity index (χ1n) is 15.2. The molecule has 1 atom stereocenters. The lowest BCUT2D eigenvalue weighted by atomic mass is 10.0. The lowest BCUT2D eigenvalue weighted by Gasteiger charge is -2.34. The van der Waals surface area contributed by atoms with Crippen LogP contribution in [0.15, 0.2) is 102 Å². The molecule has 7 nitrogen and oxygen atoms in total. The van der Waals surface area contributed by atoms with Crippen LogP contribution in [0.25, 0.3) is 0 Å². The topological polar surface area (TPSA) is 86.8 Å². The molecule has 0 aromatic heterocycles. The number of hydrogen-bond acceptors (Lipinski definition) is 4. The van der Waals surface area contributed by atoms with Crippen LogP contribution in [0.4, 0.5) is 5.69 Å². The van der Waals surface area contributed by atoms with E-state index in [-0.39, 0.29) is 29.8 Å². The number of sulfonamides is 1. The van der Waals surface area contributed by atoms with Crippen molar-refractivity contribution in [3.05, 3.63) is 130 Å². The largest absolute Gasteiger partial charge is 0.352 e. The minimum Gasteiger partial charge on any atom is -0.352 e. The summed E-state index contributed by atoms with van der Waals surface area (Å²) >= 11 is 0. The van der Waals surface area contributed by atoms with Crippen LogP contribution in [0.2, 0.25) is 0 Å². The van der Waals surface area contributed by atoms with Gasteiger partial charge in [0.15, 0.2) is 0 Å². The Morgan fingerprint density at radius 3 is 1.89 bits per heavy atom. The maximum Gasteiger partial charge on any atom is 0.264 e. The summed E-state index contributed by atoms with van der Waals surface area (Å²) in [4.78, 5) is 30.0. The molecule has 0 saturated carbocycles. The number of anilines is 1. The lowest BCUT2D eigenvalue weighted by Crippen LogP contribution is -2.54. The molecule has 8 heteroatoms. The van der Waals surface area contributed by atoms with Gasteiger partial charge >= 0.3 is 0 Å². The zero-order valence-corrected chi connectivity index (χ0v) is 27.8. The van der Waals surface area contributed by atoms with Crippen LogP contribution in [-0.2, 0) is 32.6 Å². The van der Waals surface area contributed by atoms with Gasteiger partial charge in [-0.1, -0.05) is 95.6 Å². The van der Waals surface area contributed by atoms with E-state index in [1.807, 2.05) is 108 Å². The van der Waals surface area contributed by atoms with Gasteiger partial charge in [-0.3, -0.25) is 13.9 Å². The Morgan fingerprint density at radius 2 is 1.31 bits per heavy atom. The fourth-order valence-corrected chi connectivity index (χ4v) is 6.74.